The fourth-order valence-electron chi connectivity index (χ4n) is 2.60. The van der Waals surface area contributed by atoms with E-state index in [2.05, 4.69) is 5.32 Å². The highest BCUT2D eigenvalue weighted by molar-refractivity contribution is 7.92. The van der Waals surface area contributed by atoms with Gasteiger partial charge in [-0.3, -0.25) is 9.10 Å². The topological polar surface area (TPSA) is 66.5 Å². The number of anilines is 2. The fraction of sp³-hybridized carbons (Fsp3) is 0.278. The van der Waals surface area contributed by atoms with E-state index >= 15 is 0 Å². The van der Waals surface area contributed by atoms with Crippen LogP contribution in [-0.2, 0) is 21.0 Å². The van der Waals surface area contributed by atoms with Crippen LogP contribution in [0.4, 0.5) is 24.5 Å². The van der Waals surface area contributed by atoms with Crippen LogP contribution in [0.5, 0.6) is 0 Å². The summed E-state index contributed by atoms with van der Waals surface area (Å²) >= 11 is 0. The monoisotopic (exact) mass is 400 g/mol. The van der Waals surface area contributed by atoms with E-state index in [1.807, 2.05) is 0 Å². The van der Waals surface area contributed by atoms with Gasteiger partial charge in [0.15, 0.2) is 0 Å². The summed E-state index contributed by atoms with van der Waals surface area (Å²) in [6.07, 6.45) is -3.31. The second-order valence-electron chi connectivity index (χ2n) is 5.88. The highest BCUT2D eigenvalue weighted by atomic mass is 32.2. The maximum atomic E-state index is 12.6. The maximum Gasteiger partial charge on any atom is 0.416 e. The first-order valence-electron chi connectivity index (χ1n) is 8.06. The van der Waals surface area contributed by atoms with E-state index in [0.29, 0.717) is 5.69 Å². The molecular formula is C18H19F3N2O3S. The van der Waals surface area contributed by atoms with Crippen molar-refractivity contribution in [2.24, 2.45) is 0 Å². The molecule has 0 radical (unpaired) electrons. The van der Waals surface area contributed by atoms with E-state index in [9.17, 15) is 26.4 Å². The number of hydrogen-bond donors (Lipinski definition) is 1. The third-order valence-electron chi connectivity index (χ3n) is 3.82. The molecule has 2 aromatic carbocycles. The van der Waals surface area contributed by atoms with Gasteiger partial charge in [0.2, 0.25) is 15.9 Å². The zero-order chi connectivity index (χ0) is 20.2. The average Bonchev–Trinajstić information content (AvgIpc) is 2.58. The molecule has 1 amide bonds. The molecule has 0 fully saturated rings. The summed E-state index contributed by atoms with van der Waals surface area (Å²) in [6, 6.07) is 11.0. The lowest BCUT2D eigenvalue weighted by atomic mass is 10.1. The van der Waals surface area contributed by atoms with Crippen molar-refractivity contribution in [1.82, 2.24) is 0 Å². The third-order valence-corrected chi connectivity index (χ3v) is 5.00. The Morgan fingerprint density at radius 2 is 1.63 bits per heavy atom. The van der Waals surface area contributed by atoms with E-state index in [0.717, 1.165) is 34.8 Å². The molecule has 0 spiro atoms. The number of nitrogens with zero attached hydrogens (tertiary/aromatic N) is 1. The van der Waals surface area contributed by atoms with Gasteiger partial charge < -0.3 is 5.32 Å². The van der Waals surface area contributed by atoms with E-state index in [-0.39, 0.29) is 12.1 Å². The molecule has 1 N–H and O–H groups in total. The van der Waals surface area contributed by atoms with Gasteiger partial charge in [-0.05, 0) is 42.8 Å². The molecule has 2 rings (SSSR count). The molecule has 2 aromatic rings. The number of halogens is 3. The summed E-state index contributed by atoms with van der Waals surface area (Å²) in [5, 5.41) is 2.48. The van der Waals surface area contributed by atoms with E-state index < -0.39 is 33.7 Å². The lowest BCUT2D eigenvalue weighted by molar-refractivity contribution is -0.137. The number of amides is 1. The smallest absolute Gasteiger partial charge is 0.324 e. The van der Waals surface area contributed by atoms with Crippen LogP contribution >= 0.6 is 0 Å². The van der Waals surface area contributed by atoms with E-state index in [1.165, 1.54) is 0 Å². The van der Waals surface area contributed by atoms with Crippen LogP contribution in [0.1, 0.15) is 18.9 Å². The highest BCUT2D eigenvalue weighted by Crippen LogP contribution is 2.30. The fourth-order valence-corrected chi connectivity index (χ4v) is 3.82. The van der Waals surface area contributed by atoms with Gasteiger partial charge in [-0.25, -0.2) is 8.42 Å². The SMILES string of the molecule is CC[C@@H](C(=O)Nc1ccc(C(F)(F)F)cc1)N(c1ccccc1)S(C)(=O)=O. The molecule has 0 unspecified atom stereocenters. The zero-order valence-electron chi connectivity index (χ0n) is 14.7. The van der Waals surface area contributed by atoms with Crippen molar-refractivity contribution in [3.8, 4) is 0 Å². The van der Waals surface area contributed by atoms with Crippen molar-refractivity contribution < 1.29 is 26.4 Å². The number of alkyl halides is 3. The molecular weight excluding hydrogens is 381 g/mol. The van der Waals surface area contributed by atoms with Crippen LogP contribution in [0, 0.1) is 0 Å². The first kappa shape index (κ1) is 20.8. The molecule has 0 aromatic heterocycles. The summed E-state index contributed by atoms with van der Waals surface area (Å²) in [6.45, 7) is 1.65. The number of benzene rings is 2. The second kappa shape index (κ2) is 7.99. The van der Waals surface area contributed by atoms with Gasteiger partial charge in [0.05, 0.1) is 17.5 Å². The minimum Gasteiger partial charge on any atom is -0.324 e. The van der Waals surface area contributed by atoms with Crippen molar-refractivity contribution in [2.45, 2.75) is 25.6 Å². The molecule has 9 heteroatoms. The predicted octanol–water partition coefficient (Wildman–Crippen LogP) is 3.89. The van der Waals surface area contributed by atoms with Crippen molar-refractivity contribution in [3.05, 3.63) is 60.2 Å². The predicted molar refractivity (Wildman–Crippen MR) is 97.9 cm³/mol. The lowest BCUT2D eigenvalue weighted by Gasteiger charge is -2.30. The summed E-state index contributed by atoms with van der Waals surface area (Å²) in [5.41, 5.74) is -0.364. The van der Waals surface area contributed by atoms with Crippen LogP contribution in [0.25, 0.3) is 0 Å². The van der Waals surface area contributed by atoms with Crippen molar-refractivity contribution in [1.29, 1.82) is 0 Å². The third kappa shape index (κ3) is 5.22. The lowest BCUT2D eigenvalue weighted by Crippen LogP contribution is -2.46. The minimum atomic E-state index is -4.48. The Morgan fingerprint density at radius 1 is 1.07 bits per heavy atom. The Labute approximate surface area is 155 Å². The standard InChI is InChI=1S/C18H19F3N2O3S/c1-3-16(23(27(2,25)26)15-7-5-4-6-8-15)17(24)22-14-11-9-13(10-12-14)18(19,20)21/h4-12,16H,3H2,1-2H3,(H,22,24)/t16-/m0/s1. The second-order valence-corrected chi connectivity index (χ2v) is 7.74. The van der Waals surface area contributed by atoms with E-state index in [4.69, 9.17) is 0 Å². The maximum absolute atomic E-state index is 12.6. The first-order chi connectivity index (χ1) is 12.5. The number of para-hydroxylation sites is 1. The normalized spacial score (nSPS) is 13.1. The molecule has 1 atom stereocenters. The largest absolute Gasteiger partial charge is 0.416 e. The van der Waals surface area contributed by atoms with Crippen LogP contribution in [-0.4, -0.2) is 26.6 Å². The number of sulfonamides is 1. The molecule has 0 saturated heterocycles. The van der Waals surface area contributed by atoms with Crippen LogP contribution in [0.3, 0.4) is 0 Å². The molecule has 0 bridgehead atoms. The molecule has 5 nitrogen and oxygen atoms in total. The number of carbonyl (C=O) groups excluding carboxylic acids is 1. The number of hydrogen-bond acceptors (Lipinski definition) is 3. The zero-order valence-corrected chi connectivity index (χ0v) is 15.5. The van der Waals surface area contributed by atoms with Gasteiger partial charge >= 0.3 is 6.18 Å². The van der Waals surface area contributed by atoms with Gasteiger partial charge in [-0.15, -0.1) is 0 Å². The van der Waals surface area contributed by atoms with E-state index in [1.54, 1.807) is 37.3 Å². The van der Waals surface area contributed by atoms with Gasteiger partial charge in [-0.2, -0.15) is 13.2 Å². The Hall–Kier alpha value is -2.55. The van der Waals surface area contributed by atoms with Crippen molar-refractivity contribution in [3.63, 3.8) is 0 Å². The molecule has 27 heavy (non-hydrogen) atoms. The quantitative estimate of drug-likeness (QED) is 0.800. The molecule has 0 saturated carbocycles. The van der Waals surface area contributed by atoms with Crippen LogP contribution in [0.2, 0.25) is 0 Å². The summed E-state index contributed by atoms with van der Waals surface area (Å²) < 4.78 is 63.4. The first-order valence-corrected chi connectivity index (χ1v) is 9.91. The molecule has 0 aliphatic carbocycles. The number of nitrogens with one attached hydrogen (secondary N) is 1. The van der Waals surface area contributed by atoms with Crippen LogP contribution < -0.4 is 9.62 Å². The molecule has 0 aliphatic heterocycles. The average molecular weight is 400 g/mol. The van der Waals surface area contributed by atoms with Gasteiger partial charge in [0.25, 0.3) is 0 Å². The van der Waals surface area contributed by atoms with Crippen molar-refractivity contribution >= 4 is 27.3 Å². The highest BCUT2D eigenvalue weighted by Gasteiger charge is 2.32. The summed E-state index contributed by atoms with van der Waals surface area (Å²) in [5.74, 6) is -0.633. The molecule has 146 valence electrons. The van der Waals surface area contributed by atoms with Gasteiger partial charge in [0.1, 0.15) is 6.04 Å². The molecule has 0 heterocycles. The Kier molecular flexibility index (Phi) is 6.15. The van der Waals surface area contributed by atoms with Crippen molar-refractivity contribution in [2.75, 3.05) is 15.9 Å². The Morgan fingerprint density at radius 3 is 2.07 bits per heavy atom. The van der Waals surface area contributed by atoms with Crippen LogP contribution in [0.15, 0.2) is 54.6 Å². The number of rotatable bonds is 6. The Balaban J connectivity index is 2.28. The summed E-state index contributed by atoms with van der Waals surface area (Å²) in [4.78, 5) is 12.6. The summed E-state index contributed by atoms with van der Waals surface area (Å²) in [7, 11) is -3.77. The van der Waals surface area contributed by atoms with Gasteiger partial charge in [0, 0.05) is 5.69 Å². The number of carbonyl (C=O) groups is 1. The minimum absolute atomic E-state index is 0.146. The molecule has 0 aliphatic rings. The van der Waals surface area contributed by atoms with Gasteiger partial charge in [-0.1, -0.05) is 25.1 Å². The Bertz CT molecular complexity index is 882.